The summed E-state index contributed by atoms with van der Waals surface area (Å²) in [4.78, 5) is 2.38. The Balaban J connectivity index is 1.07. The van der Waals surface area contributed by atoms with Crippen LogP contribution in [-0.4, -0.2) is 0 Å². The Morgan fingerprint density at radius 2 is 0.638 bits per heavy atom. The van der Waals surface area contributed by atoms with Crippen molar-refractivity contribution in [1.82, 2.24) is 0 Å². The van der Waals surface area contributed by atoms with Gasteiger partial charge in [0.1, 0.15) is 0 Å². The first kappa shape index (κ1) is 35.2. The molecule has 0 amide bonds. The summed E-state index contributed by atoms with van der Waals surface area (Å²) < 4.78 is 0. The number of nitrogens with zero attached hydrogens (tertiary/aromatic N) is 1. The Labute approximate surface area is 342 Å². The minimum absolute atomic E-state index is 0.0758. The van der Waals surface area contributed by atoms with E-state index in [2.05, 4.69) is 243 Å². The van der Waals surface area contributed by atoms with Crippen LogP contribution in [0.2, 0.25) is 0 Å². The molecule has 0 aromatic heterocycles. The Morgan fingerprint density at radius 1 is 0.259 bits per heavy atom. The molecule has 9 aromatic carbocycles. The summed E-state index contributed by atoms with van der Waals surface area (Å²) in [5.41, 5.74) is 20.7. The van der Waals surface area contributed by atoms with Crippen molar-refractivity contribution in [3.8, 4) is 66.8 Å². The van der Waals surface area contributed by atoms with E-state index in [0.29, 0.717) is 0 Å². The molecule has 0 bridgehead atoms. The molecule has 1 aliphatic carbocycles. The number of anilines is 3. The van der Waals surface area contributed by atoms with Crippen molar-refractivity contribution in [3.05, 3.63) is 236 Å². The van der Waals surface area contributed by atoms with Crippen LogP contribution in [0.3, 0.4) is 0 Å². The smallest absolute Gasteiger partial charge is 0.0468 e. The van der Waals surface area contributed by atoms with Gasteiger partial charge in [-0.25, -0.2) is 0 Å². The summed E-state index contributed by atoms with van der Waals surface area (Å²) in [6, 6.07) is 81.7. The average molecular weight is 742 g/mol. The van der Waals surface area contributed by atoms with Crippen molar-refractivity contribution in [2.24, 2.45) is 0 Å². The third-order valence-electron chi connectivity index (χ3n) is 11.9. The quantitative estimate of drug-likeness (QED) is 0.150. The maximum Gasteiger partial charge on any atom is 0.0468 e. The summed E-state index contributed by atoms with van der Waals surface area (Å²) >= 11 is 0. The lowest BCUT2D eigenvalue weighted by Crippen LogP contribution is -2.14. The molecule has 0 N–H and O–H groups in total. The Morgan fingerprint density at radius 3 is 1.17 bits per heavy atom. The summed E-state index contributed by atoms with van der Waals surface area (Å²) in [6.45, 7) is 4.71. The third kappa shape index (κ3) is 6.41. The molecule has 276 valence electrons. The van der Waals surface area contributed by atoms with E-state index in [1.54, 1.807) is 0 Å². The van der Waals surface area contributed by atoms with Crippen molar-refractivity contribution in [1.29, 1.82) is 0 Å². The molecule has 0 radical (unpaired) electrons. The monoisotopic (exact) mass is 741 g/mol. The van der Waals surface area contributed by atoms with Crippen molar-refractivity contribution in [2.45, 2.75) is 19.3 Å². The standard InChI is InChI=1S/C57H43N/c1-57(2)55-21-13-12-20-52(55)53-36-30-47(38-56(53)57)51-37-35-50(39-54(51)46-18-10-5-11-19-46)58(48-31-26-44(27-32-48)41-16-8-4-9-17-41)49-33-28-45(29-34-49)43-24-22-42(23-25-43)40-14-6-3-7-15-40/h3-39H,1-2H3. The lowest BCUT2D eigenvalue weighted by atomic mass is 9.81. The Bertz CT molecular complexity index is 2850. The van der Waals surface area contributed by atoms with Gasteiger partial charge in [0, 0.05) is 22.5 Å². The highest BCUT2D eigenvalue weighted by molar-refractivity contribution is 5.91. The first-order valence-electron chi connectivity index (χ1n) is 20.2. The van der Waals surface area contributed by atoms with Gasteiger partial charge in [-0.2, -0.15) is 0 Å². The molecule has 1 nitrogen and oxygen atoms in total. The molecule has 10 rings (SSSR count). The average Bonchev–Trinajstić information content (AvgIpc) is 3.53. The maximum absolute atomic E-state index is 2.43. The molecule has 9 aromatic rings. The summed E-state index contributed by atoms with van der Waals surface area (Å²) in [7, 11) is 0. The highest BCUT2D eigenvalue weighted by atomic mass is 15.1. The Hall–Kier alpha value is -7.22. The first-order valence-corrected chi connectivity index (χ1v) is 20.2. The van der Waals surface area contributed by atoms with Gasteiger partial charge in [0.25, 0.3) is 0 Å². The number of hydrogen-bond acceptors (Lipinski definition) is 1. The van der Waals surface area contributed by atoms with Gasteiger partial charge in [-0.3, -0.25) is 0 Å². The zero-order valence-corrected chi connectivity index (χ0v) is 32.8. The lowest BCUT2D eigenvalue weighted by Gasteiger charge is -2.27. The molecular formula is C57H43N. The van der Waals surface area contributed by atoms with Crippen LogP contribution < -0.4 is 4.90 Å². The normalized spacial score (nSPS) is 12.4. The fourth-order valence-electron chi connectivity index (χ4n) is 8.82. The second kappa shape index (κ2) is 14.7. The molecule has 0 spiro atoms. The molecule has 1 aliphatic rings. The van der Waals surface area contributed by atoms with Crippen LogP contribution >= 0.6 is 0 Å². The van der Waals surface area contributed by atoms with Crippen LogP contribution in [0, 0.1) is 0 Å². The predicted octanol–water partition coefficient (Wildman–Crippen LogP) is 15.8. The number of fused-ring (bicyclic) bond motifs is 3. The molecule has 0 unspecified atom stereocenters. The maximum atomic E-state index is 2.43. The number of rotatable bonds is 8. The molecule has 1 heteroatoms. The minimum atomic E-state index is -0.0758. The Kier molecular flexibility index (Phi) is 8.92. The van der Waals surface area contributed by atoms with Gasteiger partial charge < -0.3 is 4.90 Å². The van der Waals surface area contributed by atoms with Gasteiger partial charge in [-0.05, 0) is 120 Å². The SMILES string of the molecule is CC1(C)c2ccccc2-c2ccc(-c3ccc(N(c4ccc(-c5ccccc5)cc4)c4ccc(-c5ccc(-c6ccccc6)cc5)cc4)cc3-c3ccccc3)cc21. The minimum Gasteiger partial charge on any atom is -0.310 e. The molecule has 0 aliphatic heterocycles. The zero-order valence-electron chi connectivity index (χ0n) is 32.8. The zero-order chi connectivity index (χ0) is 39.1. The van der Waals surface area contributed by atoms with Gasteiger partial charge in [-0.1, -0.05) is 196 Å². The van der Waals surface area contributed by atoms with Crippen LogP contribution in [-0.2, 0) is 5.41 Å². The van der Waals surface area contributed by atoms with Crippen LogP contribution in [0.25, 0.3) is 66.8 Å². The summed E-state index contributed by atoms with van der Waals surface area (Å²) in [5.74, 6) is 0. The molecule has 0 fully saturated rings. The second-order valence-electron chi connectivity index (χ2n) is 15.8. The van der Waals surface area contributed by atoms with Gasteiger partial charge in [0.2, 0.25) is 0 Å². The van der Waals surface area contributed by atoms with Gasteiger partial charge in [0.05, 0.1) is 0 Å². The molecule has 0 saturated heterocycles. The fraction of sp³-hybridized carbons (Fsp3) is 0.0526. The van der Waals surface area contributed by atoms with Crippen LogP contribution in [0.4, 0.5) is 17.1 Å². The molecule has 0 atom stereocenters. The van der Waals surface area contributed by atoms with Gasteiger partial charge in [-0.15, -0.1) is 0 Å². The van der Waals surface area contributed by atoms with Crippen LogP contribution in [0.5, 0.6) is 0 Å². The predicted molar refractivity (Wildman–Crippen MR) is 246 cm³/mol. The highest BCUT2D eigenvalue weighted by Gasteiger charge is 2.35. The van der Waals surface area contributed by atoms with Crippen molar-refractivity contribution < 1.29 is 0 Å². The lowest BCUT2D eigenvalue weighted by molar-refractivity contribution is 0.660. The topological polar surface area (TPSA) is 3.24 Å². The van der Waals surface area contributed by atoms with E-state index < -0.39 is 0 Å². The van der Waals surface area contributed by atoms with E-state index in [0.717, 1.165) is 17.1 Å². The number of benzene rings is 9. The van der Waals surface area contributed by atoms with E-state index >= 15 is 0 Å². The summed E-state index contributed by atoms with van der Waals surface area (Å²) in [5, 5.41) is 0. The highest BCUT2D eigenvalue weighted by Crippen LogP contribution is 2.50. The largest absolute Gasteiger partial charge is 0.310 e. The van der Waals surface area contributed by atoms with E-state index in [1.807, 2.05) is 0 Å². The second-order valence-corrected chi connectivity index (χ2v) is 15.8. The van der Waals surface area contributed by atoms with Gasteiger partial charge >= 0.3 is 0 Å². The number of hydrogen-bond donors (Lipinski definition) is 0. The van der Waals surface area contributed by atoms with E-state index in [-0.39, 0.29) is 5.41 Å². The van der Waals surface area contributed by atoms with Crippen LogP contribution in [0.15, 0.2) is 224 Å². The van der Waals surface area contributed by atoms with E-state index in [1.165, 1.54) is 77.9 Å². The van der Waals surface area contributed by atoms with Crippen molar-refractivity contribution in [3.63, 3.8) is 0 Å². The third-order valence-corrected chi connectivity index (χ3v) is 11.9. The molecule has 58 heavy (non-hydrogen) atoms. The van der Waals surface area contributed by atoms with Crippen LogP contribution in [0.1, 0.15) is 25.0 Å². The van der Waals surface area contributed by atoms with Gasteiger partial charge in [0.15, 0.2) is 0 Å². The summed E-state index contributed by atoms with van der Waals surface area (Å²) in [6.07, 6.45) is 0. The first-order chi connectivity index (χ1) is 28.5. The van der Waals surface area contributed by atoms with E-state index in [9.17, 15) is 0 Å². The van der Waals surface area contributed by atoms with E-state index in [4.69, 9.17) is 0 Å². The molecule has 0 heterocycles. The van der Waals surface area contributed by atoms with Crippen molar-refractivity contribution >= 4 is 17.1 Å². The fourth-order valence-corrected chi connectivity index (χ4v) is 8.82. The molecular weight excluding hydrogens is 699 g/mol. The molecule has 0 saturated carbocycles. The van der Waals surface area contributed by atoms with Crippen molar-refractivity contribution in [2.75, 3.05) is 4.90 Å².